The third-order valence-electron chi connectivity index (χ3n) is 2.44. The summed E-state index contributed by atoms with van der Waals surface area (Å²) in [6.45, 7) is 6.89. The highest BCUT2D eigenvalue weighted by molar-refractivity contribution is 5.18. The fourth-order valence-electron chi connectivity index (χ4n) is 1.65. The molecule has 1 saturated heterocycles. The molecule has 1 aromatic rings. The van der Waals surface area contributed by atoms with E-state index in [0.29, 0.717) is 0 Å². The molecule has 0 saturated carbocycles. The first-order valence-electron chi connectivity index (χ1n) is 5.71. The lowest BCUT2D eigenvalue weighted by atomic mass is 10.1. The van der Waals surface area contributed by atoms with Gasteiger partial charge in [0.25, 0.3) is 0 Å². The summed E-state index contributed by atoms with van der Waals surface area (Å²) in [5.41, 5.74) is 1.29. The second-order valence-corrected chi connectivity index (χ2v) is 3.53. The molecule has 0 bridgehead atoms. The molecule has 0 radical (unpaired) electrons. The van der Waals surface area contributed by atoms with Gasteiger partial charge in [0.05, 0.1) is 12.7 Å². The highest BCUT2D eigenvalue weighted by Crippen LogP contribution is 2.20. The van der Waals surface area contributed by atoms with E-state index in [2.05, 4.69) is 36.2 Å². The van der Waals surface area contributed by atoms with Gasteiger partial charge in [-0.2, -0.15) is 0 Å². The van der Waals surface area contributed by atoms with Gasteiger partial charge in [0.15, 0.2) is 0 Å². The summed E-state index contributed by atoms with van der Waals surface area (Å²) in [5, 5.41) is 0. The molecule has 1 aromatic carbocycles. The molecular weight excluding hydrogens is 186 g/mol. The van der Waals surface area contributed by atoms with Crippen LogP contribution in [-0.4, -0.2) is 31.6 Å². The first kappa shape index (κ1) is 12.2. The number of likely N-dealkylation sites (N-methyl/N-ethyl adjacent to an activating group) is 1. The number of morpholine rings is 1. The van der Waals surface area contributed by atoms with E-state index < -0.39 is 0 Å². The van der Waals surface area contributed by atoms with Crippen molar-refractivity contribution in [3.8, 4) is 0 Å². The van der Waals surface area contributed by atoms with Crippen LogP contribution in [0.15, 0.2) is 30.3 Å². The van der Waals surface area contributed by atoms with E-state index in [9.17, 15) is 0 Å². The smallest absolute Gasteiger partial charge is 0.0952 e. The first-order chi connectivity index (χ1) is 7.36. The lowest BCUT2D eigenvalue weighted by Gasteiger charge is -2.30. The Morgan fingerprint density at radius 3 is 2.47 bits per heavy atom. The fraction of sp³-hybridized carbons (Fsp3) is 0.538. The van der Waals surface area contributed by atoms with Gasteiger partial charge in [-0.1, -0.05) is 44.2 Å². The molecule has 1 atom stereocenters. The molecule has 1 heterocycles. The van der Waals surface area contributed by atoms with Crippen LogP contribution in [0.3, 0.4) is 0 Å². The lowest BCUT2D eigenvalue weighted by Crippen LogP contribution is -2.35. The highest BCUT2D eigenvalue weighted by Gasteiger charge is 2.18. The quantitative estimate of drug-likeness (QED) is 0.702. The summed E-state index contributed by atoms with van der Waals surface area (Å²) in [7, 11) is 2.14. The van der Waals surface area contributed by atoms with Crippen LogP contribution in [0.5, 0.6) is 0 Å². The topological polar surface area (TPSA) is 12.5 Å². The van der Waals surface area contributed by atoms with E-state index in [-0.39, 0.29) is 6.10 Å². The third-order valence-corrected chi connectivity index (χ3v) is 2.44. The van der Waals surface area contributed by atoms with Crippen molar-refractivity contribution in [2.24, 2.45) is 0 Å². The van der Waals surface area contributed by atoms with Crippen molar-refractivity contribution in [2.45, 2.75) is 20.0 Å². The van der Waals surface area contributed by atoms with Gasteiger partial charge in [0, 0.05) is 13.1 Å². The molecule has 2 heteroatoms. The minimum atomic E-state index is 0.264. The number of nitrogens with zero attached hydrogens (tertiary/aromatic N) is 1. The van der Waals surface area contributed by atoms with Gasteiger partial charge < -0.3 is 9.64 Å². The predicted octanol–water partition coefficient (Wildman–Crippen LogP) is 2.72. The number of hydrogen-bond donors (Lipinski definition) is 0. The van der Waals surface area contributed by atoms with Crippen LogP contribution in [0.25, 0.3) is 0 Å². The van der Waals surface area contributed by atoms with E-state index in [1.807, 2.05) is 19.9 Å². The minimum Gasteiger partial charge on any atom is -0.371 e. The molecule has 2 rings (SSSR count). The summed E-state index contributed by atoms with van der Waals surface area (Å²) in [5.74, 6) is 0. The van der Waals surface area contributed by atoms with Gasteiger partial charge in [-0.3, -0.25) is 0 Å². The van der Waals surface area contributed by atoms with E-state index in [1.165, 1.54) is 5.56 Å². The van der Waals surface area contributed by atoms with E-state index >= 15 is 0 Å². The van der Waals surface area contributed by atoms with Crippen molar-refractivity contribution in [2.75, 3.05) is 26.7 Å². The van der Waals surface area contributed by atoms with Crippen molar-refractivity contribution in [3.63, 3.8) is 0 Å². The molecule has 1 fully saturated rings. The van der Waals surface area contributed by atoms with Crippen LogP contribution >= 0.6 is 0 Å². The Balaban J connectivity index is 0.000000531. The average molecular weight is 207 g/mol. The summed E-state index contributed by atoms with van der Waals surface area (Å²) < 4.78 is 5.69. The summed E-state index contributed by atoms with van der Waals surface area (Å²) in [4.78, 5) is 2.31. The maximum absolute atomic E-state index is 5.69. The van der Waals surface area contributed by atoms with E-state index in [1.54, 1.807) is 0 Å². The Hall–Kier alpha value is -0.860. The van der Waals surface area contributed by atoms with E-state index in [0.717, 1.165) is 19.7 Å². The van der Waals surface area contributed by atoms with Crippen LogP contribution in [0.1, 0.15) is 25.5 Å². The van der Waals surface area contributed by atoms with Gasteiger partial charge >= 0.3 is 0 Å². The Labute approximate surface area is 92.9 Å². The zero-order valence-electron chi connectivity index (χ0n) is 9.94. The molecule has 0 spiro atoms. The number of ether oxygens (including phenoxy) is 1. The molecule has 1 aliphatic heterocycles. The second kappa shape index (κ2) is 6.59. The second-order valence-electron chi connectivity index (χ2n) is 3.53. The van der Waals surface area contributed by atoms with Crippen molar-refractivity contribution < 1.29 is 4.74 Å². The zero-order valence-corrected chi connectivity index (χ0v) is 9.94. The molecule has 0 aromatic heterocycles. The molecule has 1 aliphatic rings. The van der Waals surface area contributed by atoms with Crippen LogP contribution in [0.2, 0.25) is 0 Å². The number of rotatable bonds is 1. The Bertz CT molecular complexity index is 260. The Morgan fingerprint density at radius 1 is 1.20 bits per heavy atom. The van der Waals surface area contributed by atoms with Crippen molar-refractivity contribution in [1.29, 1.82) is 0 Å². The average Bonchev–Trinajstić information content (AvgIpc) is 2.33. The van der Waals surface area contributed by atoms with Crippen molar-refractivity contribution >= 4 is 0 Å². The molecule has 0 amide bonds. The van der Waals surface area contributed by atoms with Crippen LogP contribution in [-0.2, 0) is 4.74 Å². The Morgan fingerprint density at radius 2 is 1.87 bits per heavy atom. The van der Waals surface area contributed by atoms with Crippen molar-refractivity contribution in [1.82, 2.24) is 4.90 Å². The zero-order chi connectivity index (χ0) is 11.1. The van der Waals surface area contributed by atoms with Gasteiger partial charge in [-0.25, -0.2) is 0 Å². The van der Waals surface area contributed by atoms with Gasteiger partial charge in [-0.05, 0) is 12.6 Å². The van der Waals surface area contributed by atoms with E-state index in [4.69, 9.17) is 4.74 Å². The molecule has 0 aliphatic carbocycles. The van der Waals surface area contributed by atoms with Gasteiger partial charge in [-0.15, -0.1) is 0 Å². The fourth-order valence-corrected chi connectivity index (χ4v) is 1.65. The molecule has 84 valence electrons. The first-order valence-corrected chi connectivity index (χ1v) is 5.71. The van der Waals surface area contributed by atoms with Crippen LogP contribution < -0.4 is 0 Å². The molecular formula is C13H21NO. The maximum atomic E-state index is 5.69. The number of benzene rings is 1. The monoisotopic (exact) mass is 207 g/mol. The normalized spacial score (nSPS) is 21.7. The summed E-state index contributed by atoms with van der Waals surface area (Å²) in [6, 6.07) is 10.4. The largest absolute Gasteiger partial charge is 0.371 e. The minimum absolute atomic E-state index is 0.264. The molecule has 15 heavy (non-hydrogen) atoms. The van der Waals surface area contributed by atoms with Gasteiger partial charge in [0.2, 0.25) is 0 Å². The summed E-state index contributed by atoms with van der Waals surface area (Å²) >= 11 is 0. The SMILES string of the molecule is CC.CN1CCO[C@H](c2ccccc2)C1. The maximum Gasteiger partial charge on any atom is 0.0952 e. The molecule has 0 N–H and O–H groups in total. The Kier molecular flexibility index (Phi) is 5.37. The van der Waals surface area contributed by atoms with Crippen molar-refractivity contribution in [3.05, 3.63) is 35.9 Å². The summed E-state index contributed by atoms with van der Waals surface area (Å²) in [6.07, 6.45) is 0.264. The third kappa shape index (κ3) is 3.65. The van der Waals surface area contributed by atoms with Crippen LogP contribution in [0, 0.1) is 0 Å². The standard InChI is InChI=1S/C11H15NO.C2H6/c1-12-7-8-13-11(9-12)10-5-3-2-4-6-10;1-2/h2-6,11H,7-9H2,1H3;1-2H3/t11-;/m0./s1. The van der Waals surface area contributed by atoms with Gasteiger partial charge in [0.1, 0.15) is 0 Å². The molecule has 2 nitrogen and oxygen atoms in total. The molecule has 0 unspecified atom stereocenters. The van der Waals surface area contributed by atoms with Crippen LogP contribution in [0.4, 0.5) is 0 Å². The lowest BCUT2D eigenvalue weighted by molar-refractivity contribution is -0.0208. The number of hydrogen-bond acceptors (Lipinski definition) is 2. The predicted molar refractivity (Wildman–Crippen MR) is 64.0 cm³/mol. The highest BCUT2D eigenvalue weighted by atomic mass is 16.5.